The second-order valence-corrected chi connectivity index (χ2v) is 10.3. The van der Waals surface area contributed by atoms with E-state index in [4.69, 9.17) is 28.6 Å². The second kappa shape index (κ2) is 12.6. The highest BCUT2D eigenvalue weighted by atomic mass is 35.5. The minimum atomic E-state index is -0.384. The molecule has 1 fully saturated rings. The number of ether oxygens (including phenoxy) is 1. The van der Waals surface area contributed by atoms with E-state index < -0.39 is 0 Å². The van der Waals surface area contributed by atoms with E-state index in [0.717, 1.165) is 54.6 Å². The van der Waals surface area contributed by atoms with E-state index in [1.807, 2.05) is 0 Å². The van der Waals surface area contributed by atoms with Crippen LogP contribution in [0.5, 0.6) is 0 Å². The van der Waals surface area contributed by atoms with Crippen LogP contribution < -0.4 is 10.6 Å². The largest absolute Gasteiger partial charge is 0.385 e. The molecule has 0 unspecified atom stereocenters. The monoisotopic (exact) mass is 546 g/mol. The topological polar surface area (TPSA) is 66.5 Å². The molecule has 0 atom stereocenters. The number of halogens is 2. The number of piperidine rings is 1. The van der Waals surface area contributed by atoms with Gasteiger partial charge in [-0.1, -0.05) is 23.7 Å². The van der Waals surface area contributed by atoms with Gasteiger partial charge in [0.15, 0.2) is 5.11 Å². The number of anilines is 1. The number of aromatic nitrogens is 1. The van der Waals surface area contributed by atoms with Gasteiger partial charge in [0.05, 0.1) is 5.01 Å². The maximum absolute atomic E-state index is 14.0. The molecular weight excluding hydrogens is 519 g/mol. The molecule has 1 amide bonds. The number of methoxy groups -OCH3 is 1. The van der Waals surface area contributed by atoms with Gasteiger partial charge in [0.25, 0.3) is 5.91 Å². The van der Waals surface area contributed by atoms with E-state index in [1.165, 1.54) is 23.5 Å². The van der Waals surface area contributed by atoms with Crippen LogP contribution in [0.4, 0.5) is 10.1 Å². The van der Waals surface area contributed by atoms with Crippen molar-refractivity contribution in [3.63, 3.8) is 0 Å². The molecule has 1 aliphatic rings. The van der Waals surface area contributed by atoms with Crippen LogP contribution >= 0.6 is 35.2 Å². The third-order valence-electron chi connectivity index (χ3n) is 6.07. The van der Waals surface area contributed by atoms with Crippen LogP contribution in [0.15, 0.2) is 47.8 Å². The molecule has 2 aromatic carbocycles. The maximum atomic E-state index is 14.0. The number of amides is 1. The molecule has 0 bridgehead atoms. The van der Waals surface area contributed by atoms with E-state index >= 15 is 0 Å². The lowest BCUT2D eigenvalue weighted by Gasteiger charge is -2.33. The van der Waals surface area contributed by atoms with Gasteiger partial charge in [-0.25, -0.2) is 9.37 Å². The quantitative estimate of drug-likeness (QED) is 0.269. The number of benzene rings is 2. The lowest BCUT2D eigenvalue weighted by Crippen LogP contribution is -2.44. The van der Waals surface area contributed by atoms with Crippen LogP contribution in [0.2, 0.25) is 5.02 Å². The Morgan fingerprint density at radius 1 is 1.25 bits per heavy atom. The summed E-state index contributed by atoms with van der Waals surface area (Å²) in [7, 11) is 1.69. The molecule has 2 N–H and O–H groups in total. The molecule has 2 heterocycles. The molecule has 6 nitrogen and oxygen atoms in total. The third kappa shape index (κ3) is 6.79. The van der Waals surface area contributed by atoms with Crippen LogP contribution in [0, 0.1) is 5.82 Å². The van der Waals surface area contributed by atoms with Gasteiger partial charge in [0, 0.05) is 60.9 Å². The first-order chi connectivity index (χ1) is 17.4. The maximum Gasteiger partial charge on any atom is 0.275 e. The van der Waals surface area contributed by atoms with Crippen molar-refractivity contribution in [1.82, 2.24) is 15.2 Å². The van der Waals surface area contributed by atoms with Crippen molar-refractivity contribution in [1.29, 1.82) is 0 Å². The van der Waals surface area contributed by atoms with Crippen molar-refractivity contribution in [3.8, 4) is 11.1 Å². The summed E-state index contributed by atoms with van der Waals surface area (Å²) in [4.78, 5) is 19.8. The number of thiocarbonyl (C=S) groups is 1. The van der Waals surface area contributed by atoms with Gasteiger partial charge in [-0.15, -0.1) is 11.3 Å². The van der Waals surface area contributed by atoms with Gasteiger partial charge < -0.3 is 20.3 Å². The summed E-state index contributed by atoms with van der Waals surface area (Å²) in [6.07, 6.45) is 2.76. The number of thiazole rings is 1. The number of hydrogen-bond donors (Lipinski definition) is 2. The summed E-state index contributed by atoms with van der Waals surface area (Å²) in [5.74, 6) is -0.414. The van der Waals surface area contributed by atoms with Crippen LogP contribution in [-0.2, 0) is 4.74 Å². The van der Waals surface area contributed by atoms with E-state index in [1.54, 1.807) is 42.8 Å². The van der Waals surface area contributed by atoms with Gasteiger partial charge in [-0.3, -0.25) is 4.79 Å². The minimum Gasteiger partial charge on any atom is -0.385 e. The predicted molar refractivity (Wildman–Crippen MR) is 148 cm³/mol. The number of likely N-dealkylation sites (tertiary alicyclic amines) is 1. The highest BCUT2D eigenvalue weighted by Crippen LogP contribution is 2.32. The van der Waals surface area contributed by atoms with Crippen LogP contribution in [0.3, 0.4) is 0 Å². The summed E-state index contributed by atoms with van der Waals surface area (Å²) in [5.41, 5.74) is 2.21. The van der Waals surface area contributed by atoms with Gasteiger partial charge >= 0.3 is 0 Å². The van der Waals surface area contributed by atoms with Crippen molar-refractivity contribution in [2.24, 2.45) is 0 Å². The number of hydrogen-bond acceptors (Lipinski definition) is 5. The lowest BCUT2D eigenvalue weighted by molar-refractivity contribution is 0.102. The average molecular weight is 547 g/mol. The first-order valence-electron chi connectivity index (χ1n) is 11.8. The summed E-state index contributed by atoms with van der Waals surface area (Å²) in [5, 5.41) is 10.3. The molecule has 0 aliphatic carbocycles. The Morgan fingerprint density at radius 3 is 2.72 bits per heavy atom. The molecule has 10 heteroatoms. The number of carbonyl (C=O) groups excluding carboxylic acids is 1. The van der Waals surface area contributed by atoms with Crippen molar-refractivity contribution in [3.05, 3.63) is 69.4 Å². The smallest absolute Gasteiger partial charge is 0.275 e. The zero-order valence-corrected chi connectivity index (χ0v) is 22.3. The summed E-state index contributed by atoms with van der Waals surface area (Å²) in [6, 6.07) is 11.3. The Labute approximate surface area is 224 Å². The Balaban J connectivity index is 1.36. The zero-order chi connectivity index (χ0) is 25.5. The van der Waals surface area contributed by atoms with Gasteiger partial charge in [0.1, 0.15) is 11.5 Å². The Bertz CT molecular complexity index is 1200. The molecule has 36 heavy (non-hydrogen) atoms. The number of carbonyl (C=O) groups is 1. The van der Waals surface area contributed by atoms with Crippen molar-refractivity contribution >= 4 is 51.9 Å². The Morgan fingerprint density at radius 2 is 2.00 bits per heavy atom. The highest BCUT2D eigenvalue weighted by molar-refractivity contribution is 7.80. The molecule has 1 aliphatic heterocycles. The van der Waals surface area contributed by atoms with Crippen molar-refractivity contribution in [2.45, 2.75) is 25.2 Å². The van der Waals surface area contributed by atoms with E-state index in [-0.39, 0.29) is 11.7 Å². The number of nitrogens with zero attached hydrogens (tertiary/aromatic N) is 2. The number of rotatable bonds is 8. The molecule has 4 rings (SSSR count). The molecule has 0 saturated carbocycles. The molecule has 3 aromatic rings. The van der Waals surface area contributed by atoms with Crippen molar-refractivity contribution in [2.75, 3.05) is 38.7 Å². The van der Waals surface area contributed by atoms with Gasteiger partial charge in [-0.2, -0.15) is 0 Å². The first-order valence-corrected chi connectivity index (χ1v) is 13.4. The van der Waals surface area contributed by atoms with Crippen LogP contribution in [0.1, 0.15) is 40.7 Å². The first kappa shape index (κ1) is 26.5. The zero-order valence-electron chi connectivity index (χ0n) is 19.9. The molecule has 190 valence electrons. The summed E-state index contributed by atoms with van der Waals surface area (Å²) >= 11 is 13.0. The molecular formula is C26H28ClFN4O2S2. The van der Waals surface area contributed by atoms with Crippen molar-refractivity contribution < 1.29 is 13.9 Å². The lowest BCUT2D eigenvalue weighted by atomic mass is 9.98. The summed E-state index contributed by atoms with van der Waals surface area (Å²) < 4.78 is 19.0. The average Bonchev–Trinajstić information content (AvgIpc) is 3.39. The molecule has 0 spiro atoms. The molecule has 1 aromatic heterocycles. The standard InChI is InChI=1S/C26H28ClFN4O2S2/c1-34-14-2-11-29-26(35)32-12-9-18(10-13-32)25-31-23(16-36-25)24(33)30-22-8-7-20(28)15-21(22)17-3-5-19(27)6-4-17/h3-8,15-16,18H,2,9-14H2,1H3,(H,29,35)(H,30,33). The van der Waals surface area contributed by atoms with E-state index in [2.05, 4.69) is 20.5 Å². The van der Waals surface area contributed by atoms with Crippen LogP contribution in [0.25, 0.3) is 11.1 Å². The normalized spacial score (nSPS) is 14.0. The fourth-order valence-electron chi connectivity index (χ4n) is 4.11. The highest BCUT2D eigenvalue weighted by Gasteiger charge is 2.25. The fourth-order valence-corrected chi connectivity index (χ4v) is 5.49. The molecule has 1 saturated heterocycles. The summed E-state index contributed by atoms with van der Waals surface area (Å²) in [6.45, 7) is 3.20. The van der Waals surface area contributed by atoms with Crippen LogP contribution in [-0.4, -0.2) is 54.3 Å². The predicted octanol–water partition coefficient (Wildman–Crippen LogP) is 5.95. The van der Waals surface area contributed by atoms with Gasteiger partial charge in [0.2, 0.25) is 0 Å². The Hall–Kier alpha value is -2.59. The second-order valence-electron chi connectivity index (χ2n) is 8.56. The SMILES string of the molecule is COCCCNC(=S)N1CCC(c2nc(C(=O)Nc3ccc(F)cc3-c3ccc(Cl)cc3)cs2)CC1. The Kier molecular flexibility index (Phi) is 9.25. The fraction of sp³-hybridized carbons (Fsp3) is 0.346. The van der Waals surface area contributed by atoms with Gasteiger partial charge in [-0.05, 0) is 67.4 Å². The number of nitrogens with one attached hydrogen (secondary N) is 2. The van der Waals surface area contributed by atoms with E-state index in [9.17, 15) is 9.18 Å². The third-order valence-corrected chi connectivity index (χ3v) is 7.73. The van der Waals surface area contributed by atoms with E-state index in [0.29, 0.717) is 34.5 Å². The minimum absolute atomic E-state index is 0.291. The molecule has 0 radical (unpaired) electrons.